The average Bonchev–Trinajstić information content (AvgIpc) is 3.39. The molecular formula is C27H24F4N6O6S. The predicted octanol–water partition coefficient (Wildman–Crippen LogP) is 4.08. The molecule has 0 saturated carbocycles. The molecule has 4 rings (SSSR count). The molecule has 2 heterocycles. The van der Waals surface area contributed by atoms with Crippen molar-refractivity contribution < 1.29 is 45.4 Å². The van der Waals surface area contributed by atoms with E-state index in [9.17, 15) is 26.8 Å². The van der Waals surface area contributed by atoms with Crippen LogP contribution in [-0.4, -0.2) is 65.6 Å². The maximum Gasteiger partial charge on any atom is 0.411 e. The van der Waals surface area contributed by atoms with Gasteiger partial charge < -0.3 is 20.5 Å². The van der Waals surface area contributed by atoms with Crippen LogP contribution >= 0.6 is 0 Å². The van der Waals surface area contributed by atoms with Crippen molar-refractivity contribution >= 4 is 33.6 Å². The van der Waals surface area contributed by atoms with Crippen molar-refractivity contribution in [3.63, 3.8) is 0 Å². The highest BCUT2D eigenvalue weighted by Gasteiger charge is 2.34. The van der Waals surface area contributed by atoms with Crippen LogP contribution in [0.25, 0.3) is 22.4 Å². The molecule has 0 fully saturated rings. The quantitative estimate of drug-likeness (QED) is 0.193. The number of likely N-dealkylation sites (N-methyl/N-ethyl adjacent to an activating group) is 1. The van der Waals surface area contributed by atoms with Crippen molar-refractivity contribution in [3.8, 4) is 22.4 Å². The Bertz CT molecular complexity index is 1850. The summed E-state index contributed by atoms with van der Waals surface area (Å²) in [5, 5.41) is 13.2. The van der Waals surface area contributed by atoms with E-state index in [0.29, 0.717) is 40.8 Å². The number of amides is 1. The third-order valence-corrected chi connectivity index (χ3v) is 7.96. The lowest BCUT2D eigenvalue weighted by Crippen LogP contribution is -2.39. The van der Waals surface area contributed by atoms with Gasteiger partial charge in [-0.3, -0.25) is 9.48 Å². The summed E-state index contributed by atoms with van der Waals surface area (Å²) >= 11 is 0. The number of anilines is 2. The lowest BCUT2D eigenvalue weighted by Gasteiger charge is -2.26. The second-order valence-corrected chi connectivity index (χ2v) is 11.0. The standard InChI is InChI=1S/C27H24F4N6O6S/c1-3-36-12-17(15-8-9-33-22(32)10-15)26(34-36)24-19(30)6-7-20(25(24)31)37(14-43-27(40)35(2)13-23(38)39)44(41,42)21-11-16(28)4-5-18(21)29/h4-12H,3,13-14H2,1-2H3,(H2,32,33)(H,38,39). The Kier molecular flexibility index (Phi) is 9.08. The number of carbonyl (C=O) groups excluding carboxylic acids is 1. The molecule has 0 aliphatic heterocycles. The number of carboxylic acid groups (broad SMARTS) is 1. The molecule has 0 aliphatic carbocycles. The van der Waals surface area contributed by atoms with Gasteiger partial charge in [-0.15, -0.1) is 0 Å². The molecule has 3 N–H and O–H groups in total. The van der Waals surface area contributed by atoms with Crippen LogP contribution in [0, 0.1) is 23.3 Å². The Labute approximate surface area is 247 Å². The third kappa shape index (κ3) is 6.41. The molecule has 0 atom stereocenters. The zero-order valence-corrected chi connectivity index (χ0v) is 23.9. The van der Waals surface area contributed by atoms with E-state index >= 15 is 8.78 Å². The monoisotopic (exact) mass is 636 g/mol. The van der Waals surface area contributed by atoms with E-state index in [1.54, 1.807) is 6.92 Å². The average molecular weight is 637 g/mol. The van der Waals surface area contributed by atoms with Gasteiger partial charge in [0.1, 0.15) is 40.4 Å². The summed E-state index contributed by atoms with van der Waals surface area (Å²) in [6.45, 7) is -0.209. The Balaban J connectivity index is 1.91. The molecule has 2 aromatic carbocycles. The molecule has 4 aromatic rings. The number of pyridine rings is 1. The molecule has 2 aromatic heterocycles. The number of carboxylic acids is 1. The first kappa shape index (κ1) is 31.7. The van der Waals surface area contributed by atoms with Crippen LogP contribution in [0.3, 0.4) is 0 Å². The van der Waals surface area contributed by atoms with Crippen LogP contribution in [0.5, 0.6) is 0 Å². The number of ether oxygens (including phenoxy) is 1. The van der Waals surface area contributed by atoms with Gasteiger partial charge in [-0.1, -0.05) is 0 Å². The second-order valence-electron chi connectivity index (χ2n) is 9.19. The van der Waals surface area contributed by atoms with E-state index in [1.165, 1.54) is 29.2 Å². The summed E-state index contributed by atoms with van der Waals surface area (Å²) in [7, 11) is -4.24. The molecule has 0 aliphatic rings. The Morgan fingerprint density at radius 3 is 2.43 bits per heavy atom. The van der Waals surface area contributed by atoms with Crippen molar-refractivity contribution in [2.75, 3.05) is 30.4 Å². The lowest BCUT2D eigenvalue weighted by atomic mass is 10.0. The number of sulfonamides is 1. The fourth-order valence-corrected chi connectivity index (χ4v) is 5.50. The van der Waals surface area contributed by atoms with E-state index in [0.717, 1.165) is 7.05 Å². The maximum absolute atomic E-state index is 16.4. The number of hydrogen-bond donors (Lipinski definition) is 2. The minimum atomic E-state index is -5.26. The van der Waals surface area contributed by atoms with E-state index in [4.69, 9.17) is 15.6 Å². The first-order valence-corrected chi connectivity index (χ1v) is 14.0. The van der Waals surface area contributed by atoms with E-state index < -0.39 is 74.8 Å². The summed E-state index contributed by atoms with van der Waals surface area (Å²) in [5.41, 5.74) is 4.37. The van der Waals surface area contributed by atoms with Crippen molar-refractivity contribution in [2.45, 2.75) is 18.4 Å². The fraction of sp³-hybridized carbons (Fsp3) is 0.185. The molecule has 44 heavy (non-hydrogen) atoms. The van der Waals surface area contributed by atoms with Crippen molar-refractivity contribution in [2.24, 2.45) is 0 Å². The van der Waals surface area contributed by atoms with Crippen LogP contribution in [0.2, 0.25) is 0 Å². The summed E-state index contributed by atoms with van der Waals surface area (Å²) in [6.07, 6.45) is 1.49. The molecule has 0 radical (unpaired) electrons. The van der Waals surface area contributed by atoms with Gasteiger partial charge in [-0.25, -0.2) is 40.1 Å². The Hall–Kier alpha value is -5.19. The zero-order chi connectivity index (χ0) is 32.3. The number of benzene rings is 2. The molecule has 0 unspecified atom stereocenters. The second kappa shape index (κ2) is 12.6. The minimum Gasteiger partial charge on any atom is -0.480 e. The van der Waals surface area contributed by atoms with Gasteiger partial charge >= 0.3 is 12.1 Å². The zero-order valence-electron chi connectivity index (χ0n) is 23.0. The largest absolute Gasteiger partial charge is 0.480 e. The number of carbonyl (C=O) groups is 2. The van der Waals surface area contributed by atoms with Crippen molar-refractivity contribution in [1.82, 2.24) is 19.7 Å². The van der Waals surface area contributed by atoms with Gasteiger partial charge in [0.2, 0.25) is 0 Å². The number of aryl methyl sites for hydroxylation is 1. The Morgan fingerprint density at radius 1 is 1.07 bits per heavy atom. The number of aliphatic carboxylic acids is 1. The first-order valence-electron chi connectivity index (χ1n) is 12.6. The van der Waals surface area contributed by atoms with Crippen LogP contribution in [-0.2, 0) is 26.1 Å². The lowest BCUT2D eigenvalue weighted by molar-refractivity contribution is -0.137. The SMILES string of the molecule is CCn1cc(-c2ccnc(N)c2)c(-c2c(F)ccc(N(COC(=O)N(C)CC(=O)O)S(=O)(=O)c3cc(F)ccc3F)c2F)n1. The van der Waals surface area contributed by atoms with Gasteiger partial charge in [-0.05, 0) is 55.0 Å². The van der Waals surface area contributed by atoms with Crippen LogP contribution in [0.15, 0.2) is 59.8 Å². The molecule has 0 bridgehead atoms. The van der Waals surface area contributed by atoms with Crippen LogP contribution in [0.4, 0.5) is 33.9 Å². The highest BCUT2D eigenvalue weighted by molar-refractivity contribution is 7.92. The Morgan fingerprint density at radius 2 is 1.77 bits per heavy atom. The maximum atomic E-state index is 16.4. The van der Waals surface area contributed by atoms with Gasteiger partial charge in [0.15, 0.2) is 12.5 Å². The van der Waals surface area contributed by atoms with Crippen LogP contribution in [0.1, 0.15) is 6.92 Å². The van der Waals surface area contributed by atoms with Gasteiger partial charge in [0, 0.05) is 31.5 Å². The number of nitrogens with zero attached hydrogens (tertiary/aromatic N) is 5. The van der Waals surface area contributed by atoms with Crippen LogP contribution < -0.4 is 10.0 Å². The summed E-state index contributed by atoms with van der Waals surface area (Å²) in [6, 6.07) is 5.83. The fourth-order valence-electron chi connectivity index (χ4n) is 4.10. The summed E-state index contributed by atoms with van der Waals surface area (Å²) in [4.78, 5) is 26.6. The third-order valence-electron chi connectivity index (χ3n) is 6.20. The summed E-state index contributed by atoms with van der Waals surface area (Å²) < 4.78 is 94.2. The molecule has 1 amide bonds. The number of rotatable bonds is 10. The smallest absolute Gasteiger partial charge is 0.411 e. The van der Waals surface area contributed by atoms with Gasteiger partial charge in [0.05, 0.1) is 11.3 Å². The van der Waals surface area contributed by atoms with Crippen molar-refractivity contribution in [3.05, 3.63) is 78.1 Å². The molecule has 0 spiro atoms. The number of aromatic nitrogens is 3. The number of nitrogens with two attached hydrogens (primary N) is 1. The number of hydrogen-bond acceptors (Lipinski definition) is 8. The molecule has 232 valence electrons. The van der Waals surface area contributed by atoms with E-state index in [2.05, 4.69) is 10.1 Å². The molecule has 0 saturated heterocycles. The van der Waals surface area contributed by atoms with Gasteiger partial charge in [0.25, 0.3) is 10.0 Å². The molecule has 12 nitrogen and oxygen atoms in total. The normalized spacial score (nSPS) is 11.3. The summed E-state index contributed by atoms with van der Waals surface area (Å²) in [5.74, 6) is -6.59. The highest BCUT2D eigenvalue weighted by atomic mass is 32.2. The van der Waals surface area contributed by atoms with E-state index in [1.807, 2.05) is 0 Å². The first-order chi connectivity index (χ1) is 20.7. The molecule has 17 heteroatoms. The predicted molar refractivity (Wildman–Crippen MR) is 149 cm³/mol. The number of halogens is 4. The minimum absolute atomic E-state index is 0.0799. The highest BCUT2D eigenvalue weighted by Crippen LogP contribution is 2.39. The molecular weight excluding hydrogens is 612 g/mol. The van der Waals surface area contributed by atoms with E-state index in [-0.39, 0.29) is 27.9 Å². The topological polar surface area (TPSA) is 161 Å². The van der Waals surface area contributed by atoms with Gasteiger partial charge in [-0.2, -0.15) is 5.10 Å². The van der Waals surface area contributed by atoms with Crippen molar-refractivity contribution in [1.29, 1.82) is 0 Å². The number of nitrogen functional groups attached to an aromatic ring is 1.